The molecule has 1 heterocycles. The van der Waals surface area contributed by atoms with Crippen molar-refractivity contribution in [1.29, 1.82) is 5.26 Å². The van der Waals surface area contributed by atoms with Crippen LogP contribution in [-0.2, 0) is 0 Å². The average molecular weight is 278 g/mol. The van der Waals surface area contributed by atoms with Gasteiger partial charge < -0.3 is 9.64 Å². The fourth-order valence-corrected chi connectivity index (χ4v) is 2.63. The Morgan fingerprint density at radius 2 is 2.05 bits per heavy atom. The second-order valence-corrected chi connectivity index (χ2v) is 5.23. The molecule has 2 aliphatic rings. The topological polar surface area (TPSA) is 53.3 Å². The molecule has 0 bridgehead atoms. The predicted octanol–water partition coefficient (Wildman–Crippen LogP) is 2.68. The molecular formula is C14H12F2N2O2. The highest BCUT2D eigenvalue weighted by atomic mass is 19.1. The van der Waals surface area contributed by atoms with Gasteiger partial charge in [-0.15, -0.1) is 0 Å². The molecule has 2 atom stereocenters. The van der Waals surface area contributed by atoms with E-state index in [-0.39, 0.29) is 5.75 Å². The molecule has 1 aliphatic heterocycles. The van der Waals surface area contributed by atoms with Crippen LogP contribution >= 0.6 is 0 Å². The number of nitriles is 1. The number of hydrogen-bond donors (Lipinski definition) is 0. The van der Waals surface area contributed by atoms with Crippen LogP contribution in [0.15, 0.2) is 12.1 Å². The zero-order chi connectivity index (χ0) is 14.3. The zero-order valence-corrected chi connectivity index (χ0v) is 10.6. The van der Waals surface area contributed by atoms with Gasteiger partial charge in [0.25, 0.3) is 0 Å². The van der Waals surface area contributed by atoms with Crippen molar-refractivity contribution >= 4 is 6.09 Å². The molecule has 0 radical (unpaired) electrons. The monoisotopic (exact) mass is 278 g/mol. The minimum Gasteiger partial charge on any atom is -0.410 e. The lowest BCUT2D eigenvalue weighted by molar-refractivity contribution is 0.140. The molecule has 3 rings (SSSR count). The van der Waals surface area contributed by atoms with Crippen LogP contribution in [0.4, 0.5) is 13.6 Å². The van der Waals surface area contributed by atoms with Crippen molar-refractivity contribution < 1.29 is 18.3 Å². The van der Waals surface area contributed by atoms with Gasteiger partial charge in [0.05, 0.1) is 0 Å². The Morgan fingerprint density at radius 1 is 1.35 bits per heavy atom. The predicted molar refractivity (Wildman–Crippen MR) is 64.9 cm³/mol. The van der Waals surface area contributed by atoms with Crippen molar-refractivity contribution in [3.63, 3.8) is 0 Å². The van der Waals surface area contributed by atoms with Crippen molar-refractivity contribution in [2.45, 2.75) is 12.8 Å². The molecule has 0 aromatic heterocycles. The van der Waals surface area contributed by atoms with Crippen LogP contribution in [0.5, 0.6) is 5.75 Å². The van der Waals surface area contributed by atoms with Crippen LogP contribution in [0.25, 0.3) is 0 Å². The van der Waals surface area contributed by atoms with Crippen molar-refractivity contribution in [2.75, 3.05) is 13.1 Å². The number of rotatable bonds is 1. The summed E-state index contributed by atoms with van der Waals surface area (Å²) in [7, 11) is 0. The fourth-order valence-electron chi connectivity index (χ4n) is 2.63. The van der Waals surface area contributed by atoms with Crippen LogP contribution in [0.2, 0.25) is 0 Å². The van der Waals surface area contributed by atoms with E-state index in [0.29, 0.717) is 19.0 Å². The molecule has 1 amide bonds. The van der Waals surface area contributed by atoms with Crippen LogP contribution in [-0.4, -0.2) is 24.1 Å². The number of amides is 1. The largest absolute Gasteiger partial charge is 0.415 e. The van der Waals surface area contributed by atoms with Crippen molar-refractivity contribution in [3.8, 4) is 11.8 Å². The van der Waals surface area contributed by atoms with Gasteiger partial charge in [-0.25, -0.2) is 13.6 Å². The second-order valence-electron chi connectivity index (χ2n) is 5.23. The number of likely N-dealkylation sites (tertiary alicyclic amines) is 1. The summed E-state index contributed by atoms with van der Waals surface area (Å²) in [6.45, 7) is 1.26. The molecule has 4 nitrogen and oxygen atoms in total. The number of nitrogens with zero attached hydrogens (tertiary/aromatic N) is 2. The van der Waals surface area contributed by atoms with Crippen LogP contribution in [0, 0.1) is 34.8 Å². The summed E-state index contributed by atoms with van der Waals surface area (Å²) in [5, 5.41) is 8.56. The molecule has 1 saturated heterocycles. The van der Waals surface area contributed by atoms with Crippen molar-refractivity contribution in [3.05, 3.63) is 29.3 Å². The maximum absolute atomic E-state index is 13.4. The van der Waals surface area contributed by atoms with E-state index < -0.39 is 23.3 Å². The van der Waals surface area contributed by atoms with E-state index in [1.54, 1.807) is 4.90 Å². The minimum absolute atomic E-state index is 0.220. The molecule has 1 aromatic carbocycles. The summed E-state index contributed by atoms with van der Waals surface area (Å²) in [6.07, 6.45) is 1.50. The summed E-state index contributed by atoms with van der Waals surface area (Å²) >= 11 is 0. The lowest BCUT2D eigenvalue weighted by Gasteiger charge is -2.25. The molecule has 0 spiro atoms. The van der Waals surface area contributed by atoms with Gasteiger partial charge in [-0.3, -0.25) is 0 Å². The molecule has 0 N–H and O–H groups in total. The number of piperidine rings is 1. The number of carbonyl (C=O) groups excluding carboxylic acids is 1. The SMILES string of the molecule is N#Cc1c(F)cc(OC(=O)N2CCC3CC3C2)cc1F. The van der Waals surface area contributed by atoms with Gasteiger partial charge in [-0.05, 0) is 24.7 Å². The quantitative estimate of drug-likeness (QED) is 0.793. The minimum atomic E-state index is -1.03. The third-order valence-electron chi connectivity index (χ3n) is 3.88. The summed E-state index contributed by atoms with van der Waals surface area (Å²) in [6, 6.07) is 3.12. The maximum atomic E-state index is 13.4. The van der Waals surface area contributed by atoms with E-state index in [1.807, 2.05) is 0 Å². The Hall–Kier alpha value is -2.16. The highest BCUT2D eigenvalue weighted by Crippen LogP contribution is 2.44. The molecule has 1 aliphatic carbocycles. The van der Waals surface area contributed by atoms with Gasteiger partial charge in [0.1, 0.15) is 29.0 Å². The molecular weight excluding hydrogens is 266 g/mol. The van der Waals surface area contributed by atoms with E-state index in [9.17, 15) is 13.6 Å². The van der Waals surface area contributed by atoms with Gasteiger partial charge in [-0.1, -0.05) is 0 Å². The van der Waals surface area contributed by atoms with Crippen LogP contribution in [0.3, 0.4) is 0 Å². The van der Waals surface area contributed by atoms with E-state index >= 15 is 0 Å². The van der Waals surface area contributed by atoms with E-state index in [0.717, 1.165) is 30.9 Å². The number of halogens is 2. The summed E-state index contributed by atoms with van der Waals surface area (Å²) < 4.78 is 31.8. The Morgan fingerprint density at radius 3 is 2.65 bits per heavy atom. The number of ether oxygens (including phenoxy) is 1. The number of benzene rings is 1. The molecule has 6 heteroatoms. The standard InChI is InChI=1S/C14H12F2N2O2/c15-12-4-10(5-13(16)11(12)6-17)20-14(19)18-2-1-8-3-9(8)7-18/h4-5,8-9H,1-3,7H2. The van der Waals surface area contributed by atoms with Gasteiger partial charge in [-0.2, -0.15) is 5.26 Å². The first kappa shape index (κ1) is 12.9. The molecule has 1 saturated carbocycles. The first-order chi connectivity index (χ1) is 9.58. The summed E-state index contributed by atoms with van der Waals surface area (Å²) in [4.78, 5) is 13.5. The maximum Gasteiger partial charge on any atom is 0.415 e. The molecule has 20 heavy (non-hydrogen) atoms. The van der Waals surface area contributed by atoms with Gasteiger partial charge in [0, 0.05) is 25.2 Å². The third-order valence-corrected chi connectivity index (χ3v) is 3.88. The highest BCUT2D eigenvalue weighted by molar-refractivity contribution is 5.71. The average Bonchev–Trinajstić information content (AvgIpc) is 3.16. The summed E-state index contributed by atoms with van der Waals surface area (Å²) in [5.41, 5.74) is -0.677. The lowest BCUT2D eigenvalue weighted by Crippen LogP contribution is -2.38. The second kappa shape index (κ2) is 4.75. The first-order valence-electron chi connectivity index (χ1n) is 6.44. The number of carbonyl (C=O) groups is 1. The molecule has 2 unspecified atom stereocenters. The summed E-state index contributed by atoms with van der Waals surface area (Å²) in [5.74, 6) is -1.01. The van der Waals surface area contributed by atoms with Crippen molar-refractivity contribution in [1.82, 2.24) is 4.90 Å². The zero-order valence-electron chi connectivity index (χ0n) is 10.6. The Labute approximate surface area is 114 Å². The van der Waals surface area contributed by atoms with Gasteiger partial charge in [0.15, 0.2) is 0 Å². The highest BCUT2D eigenvalue weighted by Gasteiger charge is 2.43. The molecule has 104 valence electrons. The van der Waals surface area contributed by atoms with Gasteiger partial charge >= 0.3 is 6.09 Å². The number of hydrogen-bond acceptors (Lipinski definition) is 3. The Bertz CT molecular complexity index is 589. The Kier molecular flexibility index (Phi) is 3.05. The Balaban J connectivity index is 1.71. The number of fused-ring (bicyclic) bond motifs is 1. The van der Waals surface area contributed by atoms with E-state index in [4.69, 9.17) is 10.00 Å². The molecule has 1 aromatic rings. The van der Waals surface area contributed by atoms with Crippen LogP contribution in [0.1, 0.15) is 18.4 Å². The molecule has 2 fully saturated rings. The van der Waals surface area contributed by atoms with Crippen molar-refractivity contribution in [2.24, 2.45) is 11.8 Å². The first-order valence-corrected chi connectivity index (χ1v) is 6.44. The van der Waals surface area contributed by atoms with Crippen LogP contribution < -0.4 is 4.74 Å². The van der Waals surface area contributed by atoms with Gasteiger partial charge in [0.2, 0.25) is 0 Å². The lowest BCUT2D eigenvalue weighted by atomic mass is 10.1. The third kappa shape index (κ3) is 2.31. The van der Waals surface area contributed by atoms with E-state index in [2.05, 4.69) is 0 Å². The fraction of sp³-hybridized carbons (Fsp3) is 0.429. The normalized spacial score (nSPS) is 23.8. The van der Waals surface area contributed by atoms with E-state index in [1.165, 1.54) is 6.07 Å². The smallest absolute Gasteiger partial charge is 0.410 e.